The Morgan fingerprint density at radius 2 is 2.28 bits per heavy atom. The van der Waals surface area contributed by atoms with Crippen LogP contribution in [0.25, 0.3) is 0 Å². The van der Waals surface area contributed by atoms with Crippen LogP contribution in [-0.2, 0) is 4.79 Å². The molecule has 1 rings (SSSR count). The van der Waals surface area contributed by atoms with E-state index in [0.717, 1.165) is 17.8 Å². The molecule has 0 radical (unpaired) electrons. The number of carbonyl (C=O) groups is 1. The zero-order valence-corrected chi connectivity index (χ0v) is 11.6. The van der Waals surface area contributed by atoms with Gasteiger partial charge in [-0.05, 0) is 39.6 Å². The first-order valence-corrected chi connectivity index (χ1v) is 6.21. The van der Waals surface area contributed by atoms with E-state index in [9.17, 15) is 4.79 Å². The first-order valence-electron chi connectivity index (χ1n) is 6.21. The van der Waals surface area contributed by atoms with Crippen LogP contribution >= 0.6 is 0 Å². The number of rotatable bonds is 6. The van der Waals surface area contributed by atoms with Crippen LogP contribution < -0.4 is 5.32 Å². The largest absolute Gasteiger partial charge is 0.468 e. The van der Waals surface area contributed by atoms with Gasteiger partial charge < -0.3 is 9.73 Å². The van der Waals surface area contributed by atoms with Crippen LogP contribution in [0.3, 0.4) is 0 Å². The summed E-state index contributed by atoms with van der Waals surface area (Å²) >= 11 is 0. The van der Waals surface area contributed by atoms with Gasteiger partial charge in [-0.15, -0.1) is 0 Å². The molecule has 1 heterocycles. The van der Waals surface area contributed by atoms with Crippen LogP contribution in [0, 0.1) is 0 Å². The highest BCUT2D eigenvalue weighted by atomic mass is 16.3. The molecule has 1 aromatic rings. The minimum Gasteiger partial charge on any atom is -0.468 e. The Kier molecular flexibility index (Phi) is 5.65. The summed E-state index contributed by atoms with van der Waals surface area (Å²) in [5.41, 5.74) is 0.759. The summed E-state index contributed by atoms with van der Waals surface area (Å²) in [7, 11) is 3.93. The van der Waals surface area contributed by atoms with Crippen LogP contribution in [0.4, 0.5) is 0 Å². The van der Waals surface area contributed by atoms with Crippen molar-refractivity contribution >= 4 is 5.91 Å². The zero-order chi connectivity index (χ0) is 13.5. The fourth-order valence-electron chi connectivity index (χ4n) is 1.75. The third-order valence-corrected chi connectivity index (χ3v) is 2.82. The maximum Gasteiger partial charge on any atom is 0.246 e. The Hall–Kier alpha value is -1.55. The standard InChI is InChI=1S/C14H22N2O2/c1-5-7-11(2)14(17)15-10-12(16(3)4)13-8-6-9-18-13/h6-9,12H,5,10H2,1-4H3,(H,15,17)/b11-7+/t12-/m0/s1. The lowest BCUT2D eigenvalue weighted by Crippen LogP contribution is -2.34. The predicted octanol–water partition coefficient (Wildman–Crippen LogP) is 2.35. The lowest BCUT2D eigenvalue weighted by Gasteiger charge is -2.22. The molecule has 4 heteroatoms. The molecule has 0 spiro atoms. The van der Waals surface area contributed by atoms with E-state index < -0.39 is 0 Å². The molecule has 0 aliphatic rings. The van der Waals surface area contributed by atoms with E-state index in [1.54, 1.807) is 6.26 Å². The minimum absolute atomic E-state index is 0.0183. The number of carbonyl (C=O) groups excluding carboxylic acids is 1. The Labute approximate surface area is 109 Å². The van der Waals surface area contributed by atoms with Crippen molar-refractivity contribution in [1.29, 1.82) is 0 Å². The number of furan rings is 1. The van der Waals surface area contributed by atoms with Crippen molar-refractivity contribution < 1.29 is 9.21 Å². The van der Waals surface area contributed by atoms with Gasteiger partial charge in [0.2, 0.25) is 5.91 Å². The highest BCUT2D eigenvalue weighted by Gasteiger charge is 2.17. The highest BCUT2D eigenvalue weighted by Crippen LogP contribution is 2.17. The summed E-state index contributed by atoms with van der Waals surface area (Å²) in [6, 6.07) is 3.83. The molecule has 0 aliphatic heterocycles. The number of allylic oxidation sites excluding steroid dienone is 1. The molecule has 0 aliphatic carbocycles. The van der Waals surface area contributed by atoms with Crippen LogP contribution in [0.1, 0.15) is 32.1 Å². The van der Waals surface area contributed by atoms with Gasteiger partial charge >= 0.3 is 0 Å². The monoisotopic (exact) mass is 250 g/mol. The van der Waals surface area contributed by atoms with Crippen molar-refractivity contribution in [3.8, 4) is 0 Å². The molecule has 0 bridgehead atoms. The molecule has 1 aromatic heterocycles. The average molecular weight is 250 g/mol. The molecule has 4 nitrogen and oxygen atoms in total. The van der Waals surface area contributed by atoms with Gasteiger partial charge in [0.15, 0.2) is 0 Å². The Morgan fingerprint density at radius 1 is 1.56 bits per heavy atom. The van der Waals surface area contributed by atoms with Gasteiger partial charge in [0, 0.05) is 12.1 Å². The van der Waals surface area contributed by atoms with Gasteiger partial charge in [0.1, 0.15) is 5.76 Å². The number of likely N-dealkylation sites (N-methyl/N-ethyl adjacent to an activating group) is 1. The van der Waals surface area contributed by atoms with Gasteiger partial charge in [-0.2, -0.15) is 0 Å². The normalized spacial score (nSPS) is 13.7. The summed E-state index contributed by atoms with van der Waals surface area (Å²) in [6.45, 7) is 4.38. The van der Waals surface area contributed by atoms with Gasteiger partial charge in [-0.25, -0.2) is 0 Å². The molecule has 0 fully saturated rings. The Balaban J connectivity index is 2.59. The lowest BCUT2D eigenvalue weighted by atomic mass is 10.2. The molecule has 1 amide bonds. The maximum atomic E-state index is 11.8. The Morgan fingerprint density at radius 3 is 2.78 bits per heavy atom. The second kappa shape index (κ2) is 7.01. The second-order valence-electron chi connectivity index (χ2n) is 4.50. The van der Waals surface area contributed by atoms with Crippen molar-refractivity contribution in [1.82, 2.24) is 10.2 Å². The van der Waals surface area contributed by atoms with Gasteiger partial charge in [0.05, 0.1) is 12.3 Å². The molecule has 1 N–H and O–H groups in total. The summed E-state index contributed by atoms with van der Waals surface area (Å²) in [5, 5.41) is 2.93. The lowest BCUT2D eigenvalue weighted by molar-refractivity contribution is -0.117. The van der Waals surface area contributed by atoms with E-state index in [1.165, 1.54) is 0 Å². The van der Waals surface area contributed by atoms with Crippen molar-refractivity contribution in [3.63, 3.8) is 0 Å². The van der Waals surface area contributed by atoms with Crippen molar-refractivity contribution in [2.45, 2.75) is 26.3 Å². The van der Waals surface area contributed by atoms with E-state index in [1.807, 2.05) is 51.1 Å². The van der Waals surface area contributed by atoms with E-state index in [2.05, 4.69) is 5.32 Å². The highest BCUT2D eigenvalue weighted by molar-refractivity contribution is 5.92. The average Bonchev–Trinajstić information content (AvgIpc) is 2.82. The second-order valence-corrected chi connectivity index (χ2v) is 4.50. The third kappa shape index (κ3) is 4.04. The van der Waals surface area contributed by atoms with Crippen LogP contribution in [0.2, 0.25) is 0 Å². The smallest absolute Gasteiger partial charge is 0.246 e. The summed E-state index contributed by atoms with van der Waals surface area (Å²) in [6.07, 6.45) is 4.44. The van der Waals surface area contributed by atoms with Gasteiger partial charge in [-0.3, -0.25) is 9.69 Å². The quantitative estimate of drug-likeness (QED) is 0.788. The molecule has 0 aromatic carbocycles. The molecule has 0 saturated carbocycles. The summed E-state index contributed by atoms with van der Waals surface area (Å²) < 4.78 is 5.39. The van der Waals surface area contributed by atoms with Gasteiger partial charge in [0.25, 0.3) is 0 Å². The van der Waals surface area contributed by atoms with Crippen LogP contribution in [0.5, 0.6) is 0 Å². The van der Waals surface area contributed by atoms with Crippen molar-refractivity contribution in [3.05, 3.63) is 35.8 Å². The van der Waals surface area contributed by atoms with Crippen molar-refractivity contribution in [2.24, 2.45) is 0 Å². The number of amides is 1. The molecule has 1 atom stereocenters. The summed E-state index contributed by atoms with van der Waals surface area (Å²) in [4.78, 5) is 13.8. The van der Waals surface area contributed by atoms with Crippen molar-refractivity contribution in [2.75, 3.05) is 20.6 Å². The molecular weight excluding hydrogens is 228 g/mol. The fourth-order valence-corrected chi connectivity index (χ4v) is 1.75. The van der Waals surface area contributed by atoms with Crippen LogP contribution in [-0.4, -0.2) is 31.4 Å². The summed E-state index contributed by atoms with van der Waals surface area (Å²) in [5.74, 6) is 0.840. The van der Waals surface area contributed by atoms with Crippen LogP contribution in [0.15, 0.2) is 34.5 Å². The van der Waals surface area contributed by atoms with E-state index >= 15 is 0 Å². The first-order chi connectivity index (χ1) is 8.56. The Bertz CT molecular complexity index is 394. The topological polar surface area (TPSA) is 45.5 Å². The zero-order valence-electron chi connectivity index (χ0n) is 11.6. The maximum absolute atomic E-state index is 11.8. The van der Waals surface area contributed by atoms with E-state index in [4.69, 9.17) is 4.42 Å². The fraction of sp³-hybridized carbons (Fsp3) is 0.500. The molecule has 0 saturated heterocycles. The van der Waals surface area contributed by atoms with E-state index in [0.29, 0.717) is 6.54 Å². The predicted molar refractivity (Wildman–Crippen MR) is 72.2 cm³/mol. The number of hydrogen-bond acceptors (Lipinski definition) is 3. The van der Waals surface area contributed by atoms with E-state index in [-0.39, 0.29) is 11.9 Å². The number of nitrogens with zero attached hydrogens (tertiary/aromatic N) is 1. The number of hydrogen-bond donors (Lipinski definition) is 1. The molecular formula is C14H22N2O2. The number of nitrogens with one attached hydrogen (secondary N) is 1. The first kappa shape index (κ1) is 14.5. The van der Waals surface area contributed by atoms with Gasteiger partial charge in [-0.1, -0.05) is 13.0 Å². The molecule has 100 valence electrons. The SMILES string of the molecule is CC/C=C(\C)C(=O)NC[C@@H](c1ccco1)N(C)C. The molecule has 0 unspecified atom stereocenters. The minimum atomic E-state index is -0.0183. The third-order valence-electron chi connectivity index (χ3n) is 2.82. The molecule has 18 heavy (non-hydrogen) atoms.